The summed E-state index contributed by atoms with van der Waals surface area (Å²) in [5.74, 6) is -1.71. The van der Waals surface area contributed by atoms with E-state index in [1.54, 1.807) is 0 Å². The van der Waals surface area contributed by atoms with Crippen molar-refractivity contribution >= 4 is 11.6 Å². The molecule has 0 aliphatic carbocycles. The number of aromatic nitrogens is 1. The Balaban J connectivity index is 2.38. The smallest absolute Gasteiger partial charge is 0.198 e. The summed E-state index contributed by atoms with van der Waals surface area (Å²) in [4.78, 5) is 3.77. The summed E-state index contributed by atoms with van der Waals surface area (Å²) < 4.78 is 33.2. The number of ether oxygens (including phenoxy) is 1. The molecule has 0 saturated heterocycles. The highest BCUT2D eigenvalue weighted by molar-refractivity contribution is 6.29. The van der Waals surface area contributed by atoms with Crippen molar-refractivity contribution in [3.8, 4) is 11.5 Å². The zero-order valence-corrected chi connectivity index (χ0v) is 12.1. The van der Waals surface area contributed by atoms with Crippen molar-refractivity contribution in [1.29, 1.82) is 0 Å². The predicted octanol–water partition coefficient (Wildman–Crippen LogP) is 5.10. The van der Waals surface area contributed by atoms with Crippen LogP contribution >= 0.6 is 11.6 Å². The quantitative estimate of drug-likeness (QED) is 0.719. The van der Waals surface area contributed by atoms with Gasteiger partial charge < -0.3 is 4.74 Å². The Morgan fingerprint density at radius 1 is 1.10 bits per heavy atom. The molecule has 5 heteroatoms. The van der Waals surface area contributed by atoms with Crippen LogP contribution < -0.4 is 4.74 Å². The van der Waals surface area contributed by atoms with Crippen LogP contribution in [0.5, 0.6) is 11.5 Å². The molecule has 1 aromatic carbocycles. The van der Waals surface area contributed by atoms with Gasteiger partial charge in [0.2, 0.25) is 0 Å². The zero-order valence-electron chi connectivity index (χ0n) is 11.4. The van der Waals surface area contributed by atoms with Crippen LogP contribution in [0.25, 0.3) is 0 Å². The fourth-order valence-electron chi connectivity index (χ4n) is 1.66. The summed E-state index contributed by atoms with van der Waals surface area (Å²) >= 11 is 5.70. The van der Waals surface area contributed by atoms with Crippen molar-refractivity contribution in [2.75, 3.05) is 0 Å². The molecule has 2 nitrogen and oxygen atoms in total. The Labute approximate surface area is 121 Å². The summed E-state index contributed by atoms with van der Waals surface area (Å²) in [6.45, 7) is 5.64. The summed E-state index contributed by atoms with van der Waals surface area (Å²) in [5, 5.41) is 0.189. The van der Waals surface area contributed by atoms with E-state index in [1.807, 2.05) is 20.8 Å². The Hall–Kier alpha value is -1.68. The zero-order chi connectivity index (χ0) is 14.9. The van der Waals surface area contributed by atoms with E-state index in [1.165, 1.54) is 30.5 Å². The van der Waals surface area contributed by atoms with Crippen molar-refractivity contribution in [3.63, 3.8) is 0 Å². The van der Waals surface area contributed by atoms with Crippen LogP contribution in [0.15, 0.2) is 30.5 Å². The van der Waals surface area contributed by atoms with Crippen LogP contribution in [-0.2, 0) is 5.41 Å². The largest absolute Gasteiger partial charge is 0.451 e. The first-order chi connectivity index (χ1) is 9.27. The number of halogens is 3. The molecule has 0 N–H and O–H groups in total. The summed E-state index contributed by atoms with van der Waals surface area (Å²) in [6.07, 6.45) is 1.40. The number of pyridine rings is 1. The molecule has 0 unspecified atom stereocenters. The lowest BCUT2D eigenvalue weighted by Crippen LogP contribution is -2.12. The van der Waals surface area contributed by atoms with E-state index in [0.29, 0.717) is 5.56 Å². The van der Waals surface area contributed by atoms with Gasteiger partial charge >= 0.3 is 0 Å². The second-order valence-electron chi connectivity index (χ2n) is 5.44. The first-order valence-electron chi connectivity index (χ1n) is 6.06. The molecule has 0 aliphatic heterocycles. The first kappa shape index (κ1) is 14.7. The van der Waals surface area contributed by atoms with Gasteiger partial charge in [-0.15, -0.1) is 0 Å². The Morgan fingerprint density at radius 3 is 2.20 bits per heavy atom. The summed E-state index contributed by atoms with van der Waals surface area (Å²) in [5.41, 5.74) is 0.216. The van der Waals surface area contributed by atoms with Crippen LogP contribution in [0.3, 0.4) is 0 Å². The summed E-state index contributed by atoms with van der Waals surface area (Å²) in [6, 6.07) is 5.42. The van der Waals surface area contributed by atoms with Gasteiger partial charge in [-0.25, -0.2) is 13.8 Å². The molecule has 106 valence electrons. The number of benzene rings is 1. The molecule has 20 heavy (non-hydrogen) atoms. The minimum Gasteiger partial charge on any atom is -0.451 e. The third-order valence-electron chi connectivity index (χ3n) is 2.78. The van der Waals surface area contributed by atoms with Crippen LogP contribution in [0.1, 0.15) is 26.3 Å². The molecule has 1 aromatic heterocycles. The van der Waals surface area contributed by atoms with Gasteiger partial charge in [-0.3, -0.25) is 0 Å². The molecular formula is C15H14ClF2NO. The van der Waals surface area contributed by atoms with E-state index in [9.17, 15) is 8.78 Å². The van der Waals surface area contributed by atoms with Gasteiger partial charge in [0.05, 0.1) is 0 Å². The molecule has 2 rings (SSSR count). The highest BCUT2D eigenvalue weighted by atomic mass is 35.5. The predicted molar refractivity (Wildman–Crippen MR) is 74.4 cm³/mol. The van der Waals surface area contributed by atoms with Gasteiger partial charge in [0, 0.05) is 12.3 Å². The number of rotatable bonds is 2. The van der Waals surface area contributed by atoms with E-state index >= 15 is 0 Å². The van der Waals surface area contributed by atoms with Gasteiger partial charge in [0.1, 0.15) is 10.9 Å². The number of hydrogen-bond donors (Lipinski definition) is 0. The minimum atomic E-state index is -0.747. The molecule has 0 radical (unpaired) electrons. The average molecular weight is 298 g/mol. The molecule has 1 heterocycles. The standard InChI is InChI=1S/C15H14ClF2NO/c1-15(2,3)9-6-11(17)14(12(18)7-9)20-10-4-5-19-13(16)8-10/h4-8H,1-3H3. The molecule has 0 amide bonds. The SMILES string of the molecule is CC(C)(C)c1cc(F)c(Oc2ccnc(Cl)c2)c(F)c1. The van der Waals surface area contributed by atoms with E-state index in [0.717, 1.165) is 0 Å². The molecule has 0 saturated carbocycles. The third kappa shape index (κ3) is 3.25. The normalized spacial score (nSPS) is 11.5. The Morgan fingerprint density at radius 2 is 1.70 bits per heavy atom. The molecule has 0 aliphatic rings. The second-order valence-corrected chi connectivity index (χ2v) is 5.82. The van der Waals surface area contributed by atoms with Gasteiger partial charge in [-0.1, -0.05) is 32.4 Å². The van der Waals surface area contributed by atoms with Crippen molar-refractivity contribution < 1.29 is 13.5 Å². The maximum absolute atomic E-state index is 14.0. The lowest BCUT2D eigenvalue weighted by atomic mass is 9.87. The number of hydrogen-bond acceptors (Lipinski definition) is 2. The van der Waals surface area contributed by atoms with Crippen molar-refractivity contribution in [2.45, 2.75) is 26.2 Å². The lowest BCUT2D eigenvalue weighted by molar-refractivity contribution is 0.403. The molecule has 2 aromatic rings. The van der Waals surface area contributed by atoms with Gasteiger partial charge in [-0.2, -0.15) is 0 Å². The fourth-order valence-corrected chi connectivity index (χ4v) is 1.82. The molecule has 0 spiro atoms. The van der Waals surface area contributed by atoms with Crippen LogP contribution in [0.2, 0.25) is 5.15 Å². The summed E-state index contributed by atoms with van der Waals surface area (Å²) in [7, 11) is 0. The highest BCUT2D eigenvalue weighted by Crippen LogP contribution is 2.32. The van der Waals surface area contributed by atoms with E-state index in [4.69, 9.17) is 16.3 Å². The molecular weight excluding hydrogens is 284 g/mol. The van der Waals surface area contributed by atoms with Crippen LogP contribution in [0.4, 0.5) is 8.78 Å². The average Bonchev–Trinajstić information content (AvgIpc) is 2.32. The molecule has 0 atom stereocenters. The van der Waals surface area contributed by atoms with E-state index in [-0.39, 0.29) is 16.3 Å². The van der Waals surface area contributed by atoms with Crippen molar-refractivity contribution in [3.05, 3.63) is 52.8 Å². The highest BCUT2D eigenvalue weighted by Gasteiger charge is 2.20. The topological polar surface area (TPSA) is 22.1 Å². The maximum Gasteiger partial charge on any atom is 0.198 e. The second kappa shape index (κ2) is 5.37. The van der Waals surface area contributed by atoms with E-state index in [2.05, 4.69) is 4.98 Å². The van der Waals surface area contributed by atoms with Gasteiger partial charge in [0.15, 0.2) is 17.4 Å². The molecule has 0 bridgehead atoms. The van der Waals surface area contributed by atoms with E-state index < -0.39 is 17.4 Å². The maximum atomic E-state index is 14.0. The Kier molecular flexibility index (Phi) is 3.95. The lowest BCUT2D eigenvalue weighted by Gasteiger charge is -2.20. The minimum absolute atomic E-state index is 0.189. The van der Waals surface area contributed by atoms with Crippen molar-refractivity contribution in [1.82, 2.24) is 4.98 Å². The van der Waals surface area contributed by atoms with Crippen molar-refractivity contribution in [2.24, 2.45) is 0 Å². The molecule has 0 fully saturated rings. The number of nitrogens with zero attached hydrogens (tertiary/aromatic N) is 1. The third-order valence-corrected chi connectivity index (χ3v) is 2.99. The Bertz CT molecular complexity index is 615. The van der Waals surface area contributed by atoms with Gasteiger partial charge in [0.25, 0.3) is 0 Å². The van der Waals surface area contributed by atoms with Crippen LogP contribution in [0, 0.1) is 11.6 Å². The van der Waals surface area contributed by atoms with Gasteiger partial charge in [-0.05, 0) is 29.2 Å². The monoisotopic (exact) mass is 297 g/mol. The first-order valence-corrected chi connectivity index (χ1v) is 6.44. The van der Waals surface area contributed by atoms with Crippen LogP contribution in [-0.4, -0.2) is 4.98 Å². The fraction of sp³-hybridized carbons (Fsp3) is 0.267.